The zero-order valence-corrected chi connectivity index (χ0v) is 20.9. The highest BCUT2D eigenvalue weighted by Crippen LogP contribution is 2.46. The van der Waals surface area contributed by atoms with Crippen LogP contribution in [0.25, 0.3) is 0 Å². The molecule has 3 fully saturated rings. The molecule has 1 N–H and O–H groups in total. The molecule has 0 unspecified atom stereocenters. The standard InChI is InChI=1S/C26H36N4O6/c1-34-22-7-6-18-14-23(22)35-11-3-2-8-28(25(32)17-29-10-12-36-26(29)33)16-24(31)27-15-19-13-21(18)30-9-4-5-20(19)30/h6-7,14,19-21H,2-5,8-13,15-17H2,1H3,(H,27,31)/t19-,20+,21-/m1/s1. The second kappa shape index (κ2) is 10.9. The van der Waals surface area contributed by atoms with Crippen molar-refractivity contribution >= 4 is 17.9 Å². The monoisotopic (exact) mass is 500 g/mol. The molecule has 3 atom stereocenters. The molecule has 0 aromatic heterocycles. The maximum atomic E-state index is 13.0. The molecule has 4 aliphatic heterocycles. The third-order valence-electron chi connectivity index (χ3n) is 7.88. The lowest BCUT2D eigenvalue weighted by atomic mass is 9.94. The maximum Gasteiger partial charge on any atom is 0.410 e. The number of cyclic esters (lactones) is 1. The van der Waals surface area contributed by atoms with Gasteiger partial charge in [0.1, 0.15) is 13.2 Å². The van der Waals surface area contributed by atoms with Gasteiger partial charge in [-0.15, -0.1) is 0 Å². The SMILES string of the molecule is COc1ccc2cc1OCCCCN(C(=O)CN1CCOC1=O)CC(=O)NC[C@H]1C[C@H]2N2CCC[C@@H]12. The summed E-state index contributed by atoms with van der Waals surface area (Å²) >= 11 is 0. The summed E-state index contributed by atoms with van der Waals surface area (Å²) in [5.41, 5.74) is 1.23. The number of ether oxygens (including phenoxy) is 3. The number of carbonyl (C=O) groups excluding carboxylic acids is 3. The molecule has 4 aliphatic rings. The number of nitrogens with one attached hydrogen (secondary N) is 1. The Morgan fingerprint density at radius 3 is 2.81 bits per heavy atom. The topological polar surface area (TPSA) is 101 Å². The molecule has 3 saturated heterocycles. The van der Waals surface area contributed by atoms with Gasteiger partial charge in [-0.2, -0.15) is 0 Å². The van der Waals surface area contributed by atoms with Gasteiger partial charge >= 0.3 is 6.09 Å². The van der Waals surface area contributed by atoms with Gasteiger partial charge in [-0.05, 0) is 62.3 Å². The molecule has 4 heterocycles. The van der Waals surface area contributed by atoms with Gasteiger partial charge in [0.05, 0.1) is 26.8 Å². The van der Waals surface area contributed by atoms with Crippen LogP contribution < -0.4 is 14.8 Å². The lowest BCUT2D eigenvalue weighted by Crippen LogP contribution is -2.46. The van der Waals surface area contributed by atoms with E-state index < -0.39 is 6.09 Å². The van der Waals surface area contributed by atoms with Crippen LogP contribution in [0.2, 0.25) is 0 Å². The van der Waals surface area contributed by atoms with Crippen LogP contribution in [0.1, 0.15) is 43.7 Å². The molecule has 10 heteroatoms. The fraction of sp³-hybridized carbons (Fsp3) is 0.654. The number of methoxy groups -OCH3 is 1. The molecule has 1 aromatic carbocycles. The normalized spacial score (nSPS) is 27.3. The summed E-state index contributed by atoms with van der Waals surface area (Å²) in [6, 6.07) is 6.96. The Morgan fingerprint density at radius 1 is 1.11 bits per heavy atom. The summed E-state index contributed by atoms with van der Waals surface area (Å²) in [5.74, 6) is 1.41. The predicted molar refractivity (Wildman–Crippen MR) is 131 cm³/mol. The Labute approximate surface area is 211 Å². The Bertz CT molecular complexity index is 987. The van der Waals surface area contributed by atoms with Crippen molar-refractivity contribution in [2.45, 2.75) is 44.2 Å². The first-order chi connectivity index (χ1) is 17.5. The van der Waals surface area contributed by atoms with E-state index in [1.54, 1.807) is 12.0 Å². The first-order valence-electron chi connectivity index (χ1n) is 13.1. The maximum absolute atomic E-state index is 13.0. The van der Waals surface area contributed by atoms with E-state index in [-0.39, 0.29) is 31.5 Å². The molecule has 0 saturated carbocycles. The minimum atomic E-state index is -0.483. The molecule has 5 rings (SSSR count). The van der Waals surface area contributed by atoms with Gasteiger partial charge in [0.15, 0.2) is 11.5 Å². The number of hydrogen-bond acceptors (Lipinski definition) is 7. The summed E-state index contributed by atoms with van der Waals surface area (Å²) in [4.78, 5) is 43.2. The zero-order valence-electron chi connectivity index (χ0n) is 20.9. The van der Waals surface area contributed by atoms with Crippen molar-refractivity contribution < 1.29 is 28.6 Å². The van der Waals surface area contributed by atoms with E-state index in [1.807, 2.05) is 6.07 Å². The lowest BCUT2D eigenvalue weighted by Gasteiger charge is -2.25. The zero-order chi connectivity index (χ0) is 25.1. The van der Waals surface area contributed by atoms with Crippen LogP contribution >= 0.6 is 0 Å². The van der Waals surface area contributed by atoms with Crippen LogP contribution in [0, 0.1) is 5.92 Å². The first kappa shape index (κ1) is 24.7. The van der Waals surface area contributed by atoms with Crippen LogP contribution in [0.4, 0.5) is 4.79 Å². The molecule has 4 bridgehead atoms. The highest BCUT2D eigenvalue weighted by atomic mass is 16.6. The van der Waals surface area contributed by atoms with Gasteiger partial charge in [0.25, 0.3) is 0 Å². The molecular formula is C26H36N4O6. The average Bonchev–Trinajstić information content (AvgIpc) is 3.59. The van der Waals surface area contributed by atoms with Gasteiger partial charge in [0.2, 0.25) is 11.8 Å². The summed E-state index contributed by atoms with van der Waals surface area (Å²) in [6.07, 6.45) is 4.16. The fourth-order valence-electron chi connectivity index (χ4n) is 6.03. The van der Waals surface area contributed by atoms with Gasteiger partial charge in [-0.3, -0.25) is 19.4 Å². The largest absolute Gasteiger partial charge is 0.493 e. The number of fused-ring (bicyclic) bond motifs is 8. The van der Waals surface area contributed by atoms with E-state index in [1.165, 1.54) is 10.5 Å². The molecule has 36 heavy (non-hydrogen) atoms. The number of hydrogen-bond donors (Lipinski definition) is 1. The number of benzene rings is 1. The van der Waals surface area contributed by atoms with Crippen LogP contribution in [0.5, 0.6) is 11.5 Å². The van der Waals surface area contributed by atoms with Gasteiger partial charge in [0, 0.05) is 25.2 Å². The van der Waals surface area contributed by atoms with E-state index in [0.29, 0.717) is 62.8 Å². The first-order valence-corrected chi connectivity index (χ1v) is 13.1. The second-order valence-corrected chi connectivity index (χ2v) is 10.1. The van der Waals surface area contributed by atoms with E-state index in [2.05, 4.69) is 22.3 Å². The third kappa shape index (κ3) is 5.23. The van der Waals surface area contributed by atoms with Crippen molar-refractivity contribution in [2.24, 2.45) is 5.92 Å². The number of nitrogens with zero attached hydrogens (tertiary/aromatic N) is 3. The van der Waals surface area contributed by atoms with Crippen LogP contribution in [-0.4, -0.2) is 98.2 Å². The molecule has 3 amide bonds. The summed E-state index contributed by atoms with van der Waals surface area (Å²) in [7, 11) is 1.65. The quantitative estimate of drug-likeness (QED) is 0.675. The number of carbonyl (C=O) groups is 3. The van der Waals surface area contributed by atoms with E-state index in [9.17, 15) is 14.4 Å². The third-order valence-corrected chi connectivity index (χ3v) is 7.88. The molecule has 0 radical (unpaired) electrons. The summed E-state index contributed by atoms with van der Waals surface area (Å²) in [6.45, 7) is 3.13. The Hall–Kier alpha value is -3.01. The van der Waals surface area contributed by atoms with Gasteiger partial charge in [-0.1, -0.05) is 6.07 Å². The van der Waals surface area contributed by atoms with Crippen molar-refractivity contribution in [1.29, 1.82) is 0 Å². The second-order valence-electron chi connectivity index (χ2n) is 10.1. The van der Waals surface area contributed by atoms with Crippen molar-refractivity contribution in [2.75, 3.05) is 59.6 Å². The number of rotatable bonds is 3. The average molecular weight is 501 g/mol. The molecular weight excluding hydrogens is 464 g/mol. The highest BCUT2D eigenvalue weighted by molar-refractivity contribution is 5.87. The van der Waals surface area contributed by atoms with Crippen LogP contribution in [0.15, 0.2) is 18.2 Å². The number of amides is 3. The fourth-order valence-corrected chi connectivity index (χ4v) is 6.03. The summed E-state index contributed by atoms with van der Waals surface area (Å²) < 4.78 is 16.6. The van der Waals surface area contributed by atoms with Gasteiger partial charge < -0.3 is 24.4 Å². The van der Waals surface area contributed by atoms with Crippen LogP contribution in [0.3, 0.4) is 0 Å². The van der Waals surface area contributed by atoms with Gasteiger partial charge in [-0.25, -0.2) is 4.79 Å². The highest BCUT2D eigenvalue weighted by Gasteiger charge is 2.44. The minimum absolute atomic E-state index is 0.0139. The molecule has 10 nitrogen and oxygen atoms in total. The Morgan fingerprint density at radius 2 is 2.00 bits per heavy atom. The van der Waals surface area contributed by atoms with Crippen molar-refractivity contribution in [3.05, 3.63) is 23.8 Å². The molecule has 196 valence electrons. The molecule has 1 aromatic rings. The summed E-state index contributed by atoms with van der Waals surface area (Å²) in [5, 5.41) is 3.11. The smallest absolute Gasteiger partial charge is 0.410 e. The van der Waals surface area contributed by atoms with E-state index >= 15 is 0 Å². The van der Waals surface area contributed by atoms with Crippen LogP contribution in [-0.2, 0) is 14.3 Å². The van der Waals surface area contributed by atoms with Crippen molar-refractivity contribution in [1.82, 2.24) is 20.0 Å². The van der Waals surface area contributed by atoms with Crippen molar-refractivity contribution in [3.63, 3.8) is 0 Å². The van der Waals surface area contributed by atoms with E-state index in [4.69, 9.17) is 14.2 Å². The van der Waals surface area contributed by atoms with Crippen molar-refractivity contribution in [3.8, 4) is 11.5 Å². The van der Waals surface area contributed by atoms with E-state index in [0.717, 1.165) is 31.6 Å². The Balaban J connectivity index is 1.33. The Kier molecular flexibility index (Phi) is 7.50. The molecule has 0 spiro atoms. The minimum Gasteiger partial charge on any atom is -0.493 e. The molecule has 0 aliphatic carbocycles. The lowest BCUT2D eigenvalue weighted by molar-refractivity contribution is -0.136. The predicted octanol–water partition coefficient (Wildman–Crippen LogP) is 1.79.